The maximum absolute atomic E-state index is 11.9. The molecule has 20 heavy (non-hydrogen) atoms. The first kappa shape index (κ1) is 16.1. The molecule has 2 amide bonds. The summed E-state index contributed by atoms with van der Waals surface area (Å²) in [5, 5.41) is 2.91. The molecule has 0 radical (unpaired) electrons. The van der Waals surface area contributed by atoms with Crippen LogP contribution in [0.3, 0.4) is 0 Å². The van der Waals surface area contributed by atoms with E-state index in [0.717, 1.165) is 0 Å². The van der Waals surface area contributed by atoms with Crippen molar-refractivity contribution in [1.82, 2.24) is 5.32 Å². The quantitative estimate of drug-likeness (QED) is 0.829. The van der Waals surface area contributed by atoms with E-state index < -0.39 is 5.91 Å². The van der Waals surface area contributed by atoms with E-state index in [9.17, 15) is 9.59 Å². The molecule has 110 valence electrons. The van der Waals surface area contributed by atoms with Crippen molar-refractivity contribution in [3.05, 3.63) is 22.7 Å². The number of halogens is 1. The fourth-order valence-electron chi connectivity index (χ4n) is 1.48. The predicted molar refractivity (Wildman–Crippen MR) is 75.3 cm³/mol. The lowest BCUT2D eigenvalue weighted by molar-refractivity contribution is -0.119. The normalized spacial score (nSPS) is 10.2. The largest absolute Gasteiger partial charge is 0.493 e. The number of ether oxygens (including phenoxy) is 2. The Morgan fingerprint density at radius 3 is 2.55 bits per heavy atom. The van der Waals surface area contributed by atoms with Gasteiger partial charge < -0.3 is 20.5 Å². The molecular weight excluding hydrogens is 284 g/mol. The van der Waals surface area contributed by atoms with Gasteiger partial charge in [0.2, 0.25) is 0 Å². The van der Waals surface area contributed by atoms with Crippen LogP contribution in [0.25, 0.3) is 0 Å². The first-order valence-corrected chi connectivity index (χ1v) is 6.32. The van der Waals surface area contributed by atoms with Crippen molar-refractivity contribution >= 4 is 23.4 Å². The molecule has 0 atom stereocenters. The van der Waals surface area contributed by atoms with Gasteiger partial charge in [-0.15, -0.1) is 0 Å². The van der Waals surface area contributed by atoms with Gasteiger partial charge >= 0.3 is 0 Å². The number of primary amides is 1. The van der Waals surface area contributed by atoms with Crippen LogP contribution in [0.1, 0.15) is 24.2 Å². The Labute approximate surface area is 122 Å². The van der Waals surface area contributed by atoms with Crippen LogP contribution >= 0.6 is 11.6 Å². The summed E-state index contributed by atoms with van der Waals surface area (Å²) in [5.41, 5.74) is 5.34. The molecule has 0 unspecified atom stereocenters. The standard InChI is InChI=1S/C13H17ClN2O4/c1-7(2)16-13(18)8-4-9(14)12(10(5-8)19-3)20-6-11(15)17/h4-5,7H,6H2,1-3H3,(H2,15,17)(H,16,18). The number of carbonyl (C=O) groups is 2. The van der Waals surface area contributed by atoms with Crippen molar-refractivity contribution in [3.63, 3.8) is 0 Å². The molecule has 0 saturated heterocycles. The van der Waals surface area contributed by atoms with Crippen LogP contribution in [-0.4, -0.2) is 31.6 Å². The number of methoxy groups -OCH3 is 1. The minimum Gasteiger partial charge on any atom is -0.493 e. The number of nitrogens with two attached hydrogens (primary N) is 1. The van der Waals surface area contributed by atoms with Gasteiger partial charge in [-0.1, -0.05) is 11.6 Å². The van der Waals surface area contributed by atoms with Gasteiger partial charge in [-0.2, -0.15) is 0 Å². The first-order valence-electron chi connectivity index (χ1n) is 5.94. The van der Waals surface area contributed by atoms with Crippen molar-refractivity contribution in [3.8, 4) is 11.5 Å². The van der Waals surface area contributed by atoms with Crippen molar-refractivity contribution < 1.29 is 19.1 Å². The summed E-state index contributed by atoms with van der Waals surface area (Å²) in [7, 11) is 1.41. The molecular formula is C13H17ClN2O4. The van der Waals surface area contributed by atoms with Gasteiger partial charge in [0.15, 0.2) is 18.1 Å². The summed E-state index contributed by atoms with van der Waals surface area (Å²) in [6.45, 7) is 3.37. The third-order valence-electron chi connectivity index (χ3n) is 2.27. The topological polar surface area (TPSA) is 90.7 Å². The molecule has 0 aromatic heterocycles. The fourth-order valence-corrected chi connectivity index (χ4v) is 1.75. The Kier molecular flexibility index (Phi) is 5.64. The second-order valence-corrected chi connectivity index (χ2v) is 4.78. The summed E-state index contributed by atoms with van der Waals surface area (Å²) in [4.78, 5) is 22.6. The molecule has 1 aromatic carbocycles. The second-order valence-electron chi connectivity index (χ2n) is 4.37. The molecule has 0 spiro atoms. The van der Waals surface area contributed by atoms with Crippen molar-refractivity contribution in [2.45, 2.75) is 19.9 Å². The SMILES string of the molecule is COc1cc(C(=O)NC(C)C)cc(Cl)c1OCC(N)=O. The smallest absolute Gasteiger partial charge is 0.255 e. The van der Waals surface area contributed by atoms with Crippen molar-refractivity contribution in [2.24, 2.45) is 5.73 Å². The second kappa shape index (κ2) is 7.00. The number of hydrogen-bond acceptors (Lipinski definition) is 4. The Morgan fingerprint density at radius 1 is 1.40 bits per heavy atom. The summed E-state index contributed by atoms with van der Waals surface area (Å²) < 4.78 is 10.3. The van der Waals surface area contributed by atoms with E-state index in [-0.39, 0.29) is 35.1 Å². The molecule has 0 saturated carbocycles. The van der Waals surface area contributed by atoms with Gasteiger partial charge in [0.05, 0.1) is 12.1 Å². The van der Waals surface area contributed by atoms with Crippen LogP contribution in [0.5, 0.6) is 11.5 Å². The molecule has 0 fully saturated rings. The van der Waals surface area contributed by atoms with Crippen LogP contribution in [0.2, 0.25) is 5.02 Å². The number of benzene rings is 1. The Morgan fingerprint density at radius 2 is 2.05 bits per heavy atom. The summed E-state index contributed by atoms with van der Waals surface area (Å²) in [6, 6.07) is 2.93. The molecule has 6 nitrogen and oxygen atoms in total. The Hall–Kier alpha value is -1.95. The van der Waals surface area contributed by atoms with E-state index in [2.05, 4.69) is 5.32 Å². The minimum atomic E-state index is -0.634. The van der Waals surface area contributed by atoms with Gasteiger partial charge in [0, 0.05) is 11.6 Å². The third kappa shape index (κ3) is 4.31. The summed E-state index contributed by atoms with van der Waals surface area (Å²) in [5.74, 6) is -0.479. The van der Waals surface area contributed by atoms with Crippen LogP contribution in [-0.2, 0) is 4.79 Å². The van der Waals surface area contributed by atoms with Crippen molar-refractivity contribution in [2.75, 3.05) is 13.7 Å². The van der Waals surface area contributed by atoms with Crippen LogP contribution in [0.4, 0.5) is 0 Å². The van der Waals surface area contributed by atoms with E-state index in [1.807, 2.05) is 13.8 Å². The average Bonchev–Trinajstić information content (AvgIpc) is 2.35. The van der Waals surface area contributed by atoms with Crippen molar-refractivity contribution in [1.29, 1.82) is 0 Å². The lowest BCUT2D eigenvalue weighted by Crippen LogP contribution is -2.30. The van der Waals surface area contributed by atoms with Gasteiger partial charge in [-0.25, -0.2) is 0 Å². The molecule has 0 aliphatic carbocycles. The zero-order valence-electron chi connectivity index (χ0n) is 11.5. The van der Waals surface area contributed by atoms with Gasteiger partial charge in [0.1, 0.15) is 0 Å². The summed E-state index contributed by atoms with van der Waals surface area (Å²) in [6.07, 6.45) is 0. The van der Waals surface area contributed by atoms with E-state index in [1.165, 1.54) is 19.2 Å². The highest BCUT2D eigenvalue weighted by molar-refractivity contribution is 6.32. The molecule has 7 heteroatoms. The lowest BCUT2D eigenvalue weighted by Gasteiger charge is -2.14. The Bertz CT molecular complexity index is 517. The number of amides is 2. The maximum atomic E-state index is 11.9. The average molecular weight is 301 g/mol. The number of rotatable bonds is 6. The summed E-state index contributed by atoms with van der Waals surface area (Å²) >= 11 is 6.04. The van der Waals surface area contributed by atoms with E-state index in [1.54, 1.807) is 0 Å². The van der Waals surface area contributed by atoms with E-state index >= 15 is 0 Å². The molecule has 3 N–H and O–H groups in total. The highest BCUT2D eigenvalue weighted by Crippen LogP contribution is 2.36. The zero-order valence-corrected chi connectivity index (χ0v) is 12.3. The first-order chi connectivity index (χ1) is 9.35. The van der Waals surface area contributed by atoms with Crippen LogP contribution in [0, 0.1) is 0 Å². The van der Waals surface area contributed by atoms with Crippen LogP contribution < -0.4 is 20.5 Å². The third-order valence-corrected chi connectivity index (χ3v) is 2.55. The van der Waals surface area contributed by atoms with Gasteiger partial charge in [0.25, 0.3) is 11.8 Å². The Balaban J connectivity index is 3.06. The fraction of sp³-hybridized carbons (Fsp3) is 0.385. The molecule has 1 rings (SSSR count). The predicted octanol–water partition coefficient (Wildman–Crippen LogP) is 1.35. The zero-order chi connectivity index (χ0) is 15.3. The minimum absolute atomic E-state index is 0.00180. The maximum Gasteiger partial charge on any atom is 0.255 e. The highest BCUT2D eigenvalue weighted by Gasteiger charge is 2.16. The lowest BCUT2D eigenvalue weighted by atomic mass is 10.1. The molecule has 0 aliphatic rings. The highest BCUT2D eigenvalue weighted by atomic mass is 35.5. The number of nitrogens with one attached hydrogen (secondary N) is 1. The monoisotopic (exact) mass is 300 g/mol. The van der Waals surface area contributed by atoms with E-state index in [4.69, 9.17) is 26.8 Å². The molecule has 1 aromatic rings. The van der Waals surface area contributed by atoms with Gasteiger partial charge in [-0.05, 0) is 26.0 Å². The van der Waals surface area contributed by atoms with Crippen LogP contribution in [0.15, 0.2) is 12.1 Å². The van der Waals surface area contributed by atoms with E-state index in [0.29, 0.717) is 5.56 Å². The molecule has 0 heterocycles. The number of hydrogen-bond donors (Lipinski definition) is 2. The van der Waals surface area contributed by atoms with Gasteiger partial charge in [-0.3, -0.25) is 9.59 Å². The molecule has 0 bridgehead atoms. The number of carbonyl (C=O) groups excluding carboxylic acids is 2. The molecule has 0 aliphatic heterocycles.